The van der Waals surface area contributed by atoms with Crippen molar-refractivity contribution in [3.8, 4) is 17.2 Å². The molecule has 2 amide bonds. The van der Waals surface area contributed by atoms with Gasteiger partial charge >= 0.3 is 0 Å². The molecule has 2 aromatic rings. The van der Waals surface area contributed by atoms with Crippen LogP contribution in [0.1, 0.15) is 65.5 Å². The number of nitrogens with two attached hydrogens (primary N) is 2. The molecule has 212 valence electrons. The number of nitriles is 1. The molecule has 40 heavy (non-hydrogen) atoms. The molecule has 0 saturated carbocycles. The molecule has 11 heteroatoms. The minimum atomic E-state index is -0.976. The van der Waals surface area contributed by atoms with Crippen molar-refractivity contribution in [1.82, 2.24) is 20.7 Å². The predicted octanol–water partition coefficient (Wildman–Crippen LogP) is 1.72. The topological polar surface area (TPSA) is 170 Å². The molecule has 0 spiro atoms. The summed E-state index contributed by atoms with van der Waals surface area (Å²) >= 11 is 0. The number of hydrogen-bond acceptors (Lipinski definition) is 8. The Hall–Kier alpha value is -4.27. The number of amidine groups is 1. The average molecular weight is 547 g/mol. The molecule has 1 aliphatic rings. The molecular weight excluding hydrogens is 508 g/mol. The molecule has 0 radical (unpaired) electrons. The van der Waals surface area contributed by atoms with Crippen LogP contribution in [0.15, 0.2) is 41.5 Å². The lowest BCUT2D eigenvalue weighted by atomic mass is 9.72. The molecule has 6 N–H and O–H groups in total. The maximum absolute atomic E-state index is 13.0. The number of amides is 2. The van der Waals surface area contributed by atoms with Crippen LogP contribution < -0.4 is 22.4 Å². The minimum absolute atomic E-state index is 0.0372. The summed E-state index contributed by atoms with van der Waals surface area (Å²) < 4.78 is 0. The fourth-order valence-electron chi connectivity index (χ4n) is 5.41. The smallest absolute Gasteiger partial charge is 0.253 e. The standard InChI is InChI=1S/C29H38N8O3/c1-6-11-37(19(3)15-30)26(39)16-33-18(2)14-29(28(31)34-35-32)24-9-7-20(17-38)12-22(24)23-13-21(8-10-25(23)29)27(40)36(4)5/h7-10,12-13,17-19,33,35H,6,11,14,16,32H2,1-5H3,(H2,31,34)/t18?,19-,29?/m0/s1. The Morgan fingerprint density at radius 2 is 1.80 bits per heavy atom. The number of aldehydes is 1. The molecule has 0 saturated heterocycles. The van der Waals surface area contributed by atoms with Crippen molar-refractivity contribution < 1.29 is 14.4 Å². The molecule has 0 aliphatic heterocycles. The average Bonchev–Trinajstić information content (AvgIpc) is 3.22. The van der Waals surface area contributed by atoms with Gasteiger partial charge < -0.3 is 20.9 Å². The third kappa shape index (κ3) is 5.68. The highest BCUT2D eigenvalue weighted by Gasteiger charge is 2.48. The van der Waals surface area contributed by atoms with Crippen LogP contribution in [-0.4, -0.2) is 73.0 Å². The van der Waals surface area contributed by atoms with Gasteiger partial charge in [-0.25, -0.2) is 11.4 Å². The Labute approximate surface area is 235 Å². The molecule has 1 aliphatic carbocycles. The van der Waals surface area contributed by atoms with E-state index < -0.39 is 11.5 Å². The number of hydrazine groups is 1. The Bertz CT molecular complexity index is 1350. The largest absolute Gasteiger partial charge is 0.385 e. The molecule has 11 nitrogen and oxygen atoms in total. The van der Waals surface area contributed by atoms with Crippen molar-refractivity contribution in [1.29, 1.82) is 5.26 Å². The summed E-state index contributed by atoms with van der Waals surface area (Å²) in [6.07, 6.45) is 1.90. The zero-order chi connectivity index (χ0) is 29.6. The van der Waals surface area contributed by atoms with E-state index in [1.54, 1.807) is 44.1 Å². The zero-order valence-corrected chi connectivity index (χ0v) is 23.7. The second-order valence-corrected chi connectivity index (χ2v) is 10.3. The lowest BCUT2D eigenvalue weighted by molar-refractivity contribution is -0.131. The summed E-state index contributed by atoms with van der Waals surface area (Å²) in [7, 11) is 3.37. The van der Waals surface area contributed by atoms with Crippen molar-refractivity contribution >= 4 is 23.9 Å². The fraction of sp³-hybridized carbons (Fsp3) is 0.414. The molecule has 2 unspecified atom stereocenters. The van der Waals surface area contributed by atoms with Gasteiger partial charge in [-0.2, -0.15) is 10.4 Å². The van der Waals surface area contributed by atoms with Gasteiger partial charge in [-0.05, 0) is 67.1 Å². The molecule has 0 heterocycles. The third-order valence-electron chi connectivity index (χ3n) is 7.34. The SMILES string of the molecule is CCCN(C(=O)CNC(C)CC1(/C(N)=N/NN)c2ccc(C=O)cc2-c2cc(C(=O)N(C)C)ccc21)[C@@H](C)C#N. The number of nitrogens with zero attached hydrogens (tertiary/aromatic N) is 4. The van der Waals surface area contributed by atoms with Crippen molar-refractivity contribution in [2.24, 2.45) is 16.7 Å². The Morgan fingerprint density at radius 3 is 2.38 bits per heavy atom. The van der Waals surface area contributed by atoms with Crippen molar-refractivity contribution in [3.63, 3.8) is 0 Å². The van der Waals surface area contributed by atoms with Crippen LogP contribution >= 0.6 is 0 Å². The van der Waals surface area contributed by atoms with Crippen LogP contribution in [0.2, 0.25) is 0 Å². The molecule has 2 aromatic carbocycles. The van der Waals surface area contributed by atoms with Gasteiger partial charge in [-0.3, -0.25) is 14.4 Å². The monoisotopic (exact) mass is 546 g/mol. The van der Waals surface area contributed by atoms with Crippen molar-refractivity contribution in [2.45, 2.75) is 51.1 Å². The summed E-state index contributed by atoms with van der Waals surface area (Å²) in [5.74, 6) is 5.44. The highest BCUT2D eigenvalue weighted by molar-refractivity contribution is 6.05. The maximum atomic E-state index is 13.0. The van der Waals surface area contributed by atoms with Gasteiger partial charge in [0.05, 0.1) is 18.0 Å². The van der Waals surface area contributed by atoms with E-state index in [1.807, 2.05) is 32.0 Å². The second kappa shape index (κ2) is 12.7. The normalized spacial score (nSPS) is 17.2. The van der Waals surface area contributed by atoms with Gasteiger partial charge in [-0.1, -0.05) is 25.1 Å². The first-order chi connectivity index (χ1) is 19.0. The van der Waals surface area contributed by atoms with Crippen LogP contribution in [0.3, 0.4) is 0 Å². The number of fused-ring (bicyclic) bond motifs is 3. The lowest BCUT2D eigenvalue weighted by Gasteiger charge is -2.34. The molecule has 0 bridgehead atoms. The van der Waals surface area contributed by atoms with E-state index in [9.17, 15) is 19.6 Å². The van der Waals surface area contributed by atoms with Gasteiger partial charge in [0.25, 0.3) is 5.91 Å². The summed E-state index contributed by atoms with van der Waals surface area (Å²) in [6, 6.07) is 12.1. The first kappa shape index (κ1) is 30.3. The van der Waals surface area contributed by atoms with Crippen LogP contribution in [0.4, 0.5) is 0 Å². The minimum Gasteiger partial charge on any atom is -0.385 e. The number of nitrogens with one attached hydrogen (secondary N) is 2. The number of carbonyl (C=O) groups excluding carboxylic acids is 3. The molecule has 0 fully saturated rings. The van der Waals surface area contributed by atoms with E-state index >= 15 is 0 Å². The van der Waals surface area contributed by atoms with Gasteiger partial charge in [-0.15, -0.1) is 0 Å². The van der Waals surface area contributed by atoms with E-state index in [4.69, 9.17) is 11.6 Å². The molecule has 3 atom stereocenters. The Balaban J connectivity index is 2.08. The van der Waals surface area contributed by atoms with Gasteiger partial charge in [0, 0.05) is 37.8 Å². The van der Waals surface area contributed by atoms with E-state index in [0.29, 0.717) is 24.1 Å². The number of hydrazone groups is 1. The summed E-state index contributed by atoms with van der Waals surface area (Å²) in [6.45, 7) is 6.13. The predicted molar refractivity (Wildman–Crippen MR) is 154 cm³/mol. The van der Waals surface area contributed by atoms with Crippen LogP contribution in [0.25, 0.3) is 11.1 Å². The van der Waals surface area contributed by atoms with Crippen LogP contribution in [-0.2, 0) is 10.2 Å². The van der Waals surface area contributed by atoms with Crippen molar-refractivity contribution in [2.75, 3.05) is 27.2 Å². The van der Waals surface area contributed by atoms with Gasteiger partial charge in [0.2, 0.25) is 5.91 Å². The highest BCUT2D eigenvalue weighted by Crippen LogP contribution is 2.52. The van der Waals surface area contributed by atoms with E-state index in [0.717, 1.165) is 35.0 Å². The lowest BCUT2D eigenvalue weighted by Crippen LogP contribution is -2.49. The first-order valence-electron chi connectivity index (χ1n) is 13.2. The molecular formula is C29H38N8O3. The summed E-state index contributed by atoms with van der Waals surface area (Å²) in [5.41, 5.74) is 12.1. The number of rotatable bonds is 12. The number of carbonyl (C=O) groups is 3. The van der Waals surface area contributed by atoms with E-state index in [2.05, 4.69) is 22.0 Å². The highest BCUT2D eigenvalue weighted by atomic mass is 16.2. The third-order valence-corrected chi connectivity index (χ3v) is 7.34. The summed E-state index contributed by atoms with van der Waals surface area (Å²) in [5, 5.41) is 16.8. The van der Waals surface area contributed by atoms with E-state index in [-0.39, 0.29) is 30.2 Å². The van der Waals surface area contributed by atoms with Crippen LogP contribution in [0, 0.1) is 11.3 Å². The van der Waals surface area contributed by atoms with Gasteiger partial charge in [0.15, 0.2) is 0 Å². The maximum Gasteiger partial charge on any atom is 0.253 e. The quantitative estimate of drug-likeness (QED) is 0.102. The van der Waals surface area contributed by atoms with E-state index in [1.165, 1.54) is 4.90 Å². The number of hydrogen-bond donors (Lipinski definition) is 4. The number of benzene rings is 2. The van der Waals surface area contributed by atoms with Gasteiger partial charge in [0.1, 0.15) is 18.2 Å². The van der Waals surface area contributed by atoms with Crippen LogP contribution in [0.5, 0.6) is 0 Å². The fourth-order valence-corrected chi connectivity index (χ4v) is 5.41. The molecule has 0 aromatic heterocycles. The first-order valence-corrected chi connectivity index (χ1v) is 13.2. The zero-order valence-electron chi connectivity index (χ0n) is 23.7. The Kier molecular flexibility index (Phi) is 9.63. The Morgan fingerprint density at radius 1 is 1.15 bits per heavy atom. The second-order valence-electron chi connectivity index (χ2n) is 10.3. The van der Waals surface area contributed by atoms with Crippen molar-refractivity contribution in [3.05, 3.63) is 58.7 Å². The summed E-state index contributed by atoms with van der Waals surface area (Å²) in [4.78, 5) is 40.5. The molecule has 3 rings (SSSR count).